The van der Waals surface area contributed by atoms with Gasteiger partial charge in [-0.3, -0.25) is 0 Å². The summed E-state index contributed by atoms with van der Waals surface area (Å²) in [5, 5.41) is -0.902. The minimum atomic E-state index is -4.69. The van der Waals surface area contributed by atoms with Crippen molar-refractivity contribution in [3.05, 3.63) is 47.0 Å². The SMILES string of the molecule is CC(C)(C)OC(=O)N1CCC(S(=O)(=O)c2ccc(-c3c(Cl)cc(N)cc3C(F)(F)F)cc2)CC1. The number of nitrogen functional groups attached to an aromatic ring is 1. The maximum absolute atomic E-state index is 13.5. The number of alkyl halides is 3. The second-order valence-electron chi connectivity index (χ2n) is 9.16. The highest BCUT2D eigenvalue weighted by Crippen LogP contribution is 2.42. The van der Waals surface area contributed by atoms with Crippen LogP contribution in [-0.2, 0) is 20.8 Å². The first-order chi connectivity index (χ1) is 15.6. The van der Waals surface area contributed by atoms with Gasteiger partial charge in [-0.1, -0.05) is 23.7 Å². The van der Waals surface area contributed by atoms with E-state index in [1.54, 1.807) is 20.8 Å². The number of nitrogens with two attached hydrogens (primary N) is 1. The highest BCUT2D eigenvalue weighted by atomic mass is 35.5. The number of halogens is 4. The number of piperidine rings is 1. The highest BCUT2D eigenvalue weighted by Gasteiger charge is 2.36. The lowest BCUT2D eigenvalue weighted by Gasteiger charge is -2.33. The zero-order valence-electron chi connectivity index (χ0n) is 18.9. The molecular weight excluding hydrogens is 493 g/mol. The van der Waals surface area contributed by atoms with Gasteiger partial charge in [0.25, 0.3) is 0 Å². The van der Waals surface area contributed by atoms with Gasteiger partial charge in [0.05, 0.1) is 20.7 Å². The van der Waals surface area contributed by atoms with Crippen LogP contribution in [0.2, 0.25) is 5.02 Å². The van der Waals surface area contributed by atoms with E-state index in [-0.39, 0.29) is 52.7 Å². The number of rotatable bonds is 3. The predicted octanol–water partition coefficient (Wildman–Crippen LogP) is 5.78. The van der Waals surface area contributed by atoms with Gasteiger partial charge < -0.3 is 15.4 Å². The summed E-state index contributed by atoms with van der Waals surface area (Å²) < 4.78 is 72.2. The van der Waals surface area contributed by atoms with Gasteiger partial charge in [0, 0.05) is 24.3 Å². The molecule has 1 saturated heterocycles. The first-order valence-corrected chi connectivity index (χ1v) is 12.5. The standard InChI is InChI=1S/C23H26ClF3N2O4S/c1-22(2,3)33-21(30)29-10-8-17(9-11-29)34(31,32)16-6-4-14(5-7-16)20-18(23(25,26)27)12-15(28)13-19(20)24/h4-7,12-13,17H,8-11,28H2,1-3H3. The third kappa shape index (κ3) is 5.78. The van der Waals surface area contributed by atoms with Crippen LogP contribution < -0.4 is 5.73 Å². The van der Waals surface area contributed by atoms with Crippen molar-refractivity contribution in [1.29, 1.82) is 0 Å². The molecule has 34 heavy (non-hydrogen) atoms. The largest absolute Gasteiger partial charge is 0.444 e. The quantitative estimate of drug-likeness (QED) is 0.520. The lowest BCUT2D eigenvalue weighted by atomic mass is 9.98. The maximum Gasteiger partial charge on any atom is 0.417 e. The molecule has 6 nitrogen and oxygen atoms in total. The molecule has 1 fully saturated rings. The Kier molecular flexibility index (Phi) is 7.15. The van der Waals surface area contributed by atoms with Gasteiger partial charge in [0.2, 0.25) is 0 Å². The van der Waals surface area contributed by atoms with E-state index < -0.39 is 38.5 Å². The first kappa shape index (κ1) is 26.2. The number of amides is 1. The summed E-state index contributed by atoms with van der Waals surface area (Å²) in [6.07, 6.45) is -4.73. The molecule has 186 valence electrons. The summed E-state index contributed by atoms with van der Waals surface area (Å²) >= 11 is 6.07. The van der Waals surface area contributed by atoms with E-state index in [2.05, 4.69) is 0 Å². The predicted molar refractivity (Wildman–Crippen MR) is 124 cm³/mol. The number of nitrogens with zero attached hydrogens (tertiary/aromatic N) is 1. The van der Waals surface area contributed by atoms with Gasteiger partial charge in [-0.25, -0.2) is 13.2 Å². The number of sulfone groups is 1. The van der Waals surface area contributed by atoms with Gasteiger partial charge in [0.15, 0.2) is 9.84 Å². The first-order valence-electron chi connectivity index (χ1n) is 10.6. The van der Waals surface area contributed by atoms with Crippen molar-refractivity contribution < 1.29 is 31.1 Å². The number of ether oxygens (including phenoxy) is 1. The van der Waals surface area contributed by atoms with E-state index >= 15 is 0 Å². The Labute approximate surface area is 201 Å². The molecule has 1 aliphatic rings. The van der Waals surface area contributed by atoms with Crippen molar-refractivity contribution in [3.63, 3.8) is 0 Å². The van der Waals surface area contributed by atoms with Crippen LogP contribution >= 0.6 is 11.6 Å². The van der Waals surface area contributed by atoms with Gasteiger partial charge in [0.1, 0.15) is 5.60 Å². The molecule has 0 saturated carbocycles. The Morgan fingerprint density at radius 1 is 1.09 bits per heavy atom. The fraction of sp³-hybridized carbons (Fsp3) is 0.435. The summed E-state index contributed by atoms with van der Waals surface area (Å²) in [4.78, 5) is 13.7. The number of likely N-dealkylation sites (tertiary alicyclic amines) is 1. The van der Waals surface area contributed by atoms with Crippen molar-refractivity contribution in [2.75, 3.05) is 18.8 Å². The van der Waals surface area contributed by atoms with Gasteiger partial charge in [-0.2, -0.15) is 13.2 Å². The molecule has 0 radical (unpaired) electrons. The van der Waals surface area contributed by atoms with Crippen LogP contribution in [0.15, 0.2) is 41.3 Å². The van der Waals surface area contributed by atoms with Crippen molar-refractivity contribution in [3.8, 4) is 11.1 Å². The molecule has 1 heterocycles. The lowest BCUT2D eigenvalue weighted by molar-refractivity contribution is -0.137. The normalized spacial score (nSPS) is 15.9. The summed E-state index contributed by atoms with van der Waals surface area (Å²) in [6.45, 7) is 5.71. The molecule has 0 bridgehead atoms. The third-order valence-corrected chi connectivity index (χ3v) is 8.00. The van der Waals surface area contributed by atoms with E-state index in [9.17, 15) is 26.4 Å². The average Bonchev–Trinajstić information content (AvgIpc) is 2.71. The second kappa shape index (κ2) is 9.30. The molecule has 3 rings (SSSR count). The number of hydrogen-bond acceptors (Lipinski definition) is 5. The number of anilines is 1. The molecule has 1 amide bonds. The van der Waals surface area contributed by atoms with Crippen molar-refractivity contribution in [2.45, 2.75) is 55.5 Å². The van der Waals surface area contributed by atoms with Gasteiger partial charge in [-0.05, 0) is 63.4 Å². The molecular formula is C23H26ClF3N2O4S. The molecule has 2 N–H and O–H groups in total. The van der Waals surface area contributed by atoms with Crippen LogP contribution in [0.1, 0.15) is 39.2 Å². The molecule has 1 aliphatic heterocycles. The Bertz CT molecular complexity index is 1170. The average molecular weight is 519 g/mol. The maximum atomic E-state index is 13.5. The second-order valence-corrected chi connectivity index (χ2v) is 11.8. The van der Waals surface area contributed by atoms with E-state index in [0.29, 0.717) is 0 Å². The van der Waals surface area contributed by atoms with E-state index in [4.69, 9.17) is 22.1 Å². The number of hydrogen-bond donors (Lipinski definition) is 1. The zero-order valence-corrected chi connectivity index (χ0v) is 20.5. The monoisotopic (exact) mass is 518 g/mol. The molecule has 0 atom stereocenters. The van der Waals surface area contributed by atoms with Gasteiger partial charge in [-0.15, -0.1) is 0 Å². The van der Waals surface area contributed by atoms with Crippen LogP contribution in [0, 0.1) is 0 Å². The minimum absolute atomic E-state index is 0.00732. The van der Waals surface area contributed by atoms with Crippen molar-refractivity contribution in [2.24, 2.45) is 0 Å². The van der Waals surface area contributed by atoms with Gasteiger partial charge >= 0.3 is 12.3 Å². The number of benzene rings is 2. The number of carbonyl (C=O) groups excluding carboxylic acids is 1. The zero-order chi connectivity index (χ0) is 25.5. The fourth-order valence-corrected chi connectivity index (χ4v) is 5.89. The van der Waals surface area contributed by atoms with Crippen molar-refractivity contribution in [1.82, 2.24) is 4.90 Å². The molecule has 2 aromatic carbocycles. The van der Waals surface area contributed by atoms with Crippen LogP contribution in [0.4, 0.5) is 23.7 Å². The molecule has 0 aliphatic carbocycles. The Morgan fingerprint density at radius 2 is 1.65 bits per heavy atom. The van der Waals surface area contributed by atoms with E-state index in [1.807, 2.05) is 0 Å². The summed E-state index contributed by atoms with van der Waals surface area (Å²) in [7, 11) is -3.75. The molecule has 0 unspecified atom stereocenters. The fourth-order valence-electron chi connectivity index (χ4n) is 3.82. The Hall–Kier alpha value is -2.46. The Morgan fingerprint density at radius 3 is 2.15 bits per heavy atom. The Balaban J connectivity index is 1.80. The minimum Gasteiger partial charge on any atom is -0.444 e. The molecule has 0 spiro atoms. The summed E-state index contributed by atoms with van der Waals surface area (Å²) in [5.74, 6) is 0. The number of carbonyl (C=O) groups is 1. The summed E-state index contributed by atoms with van der Waals surface area (Å²) in [5.41, 5.74) is 3.61. The van der Waals surface area contributed by atoms with Crippen LogP contribution in [-0.4, -0.2) is 43.4 Å². The lowest BCUT2D eigenvalue weighted by Crippen LogP contribution is -2.44. The van der Waals surface area contributed by atoms with Crippen molar-refractivity contribution >= 4 is 33.2 Å². The van der Waals surface area contributed by atoms with Crippen LogP contribution in [0.25, 0.3) is 11.1 Å². The highest BCUT2D eigenvalue weighted by molar-refractivity contribution is 7.92. The van der Waals surface area contributed by atoms with E-state index in [1.165, 1.54) is 35.2 Å². The van der Waals surface area contributed by atoms with E-state index in [0.717, 1.165) is 6.07 Å². The smallest absolute Gasteiger partial charge is 0.417 e. The molecule has 11 heteroatoms. The summed E-state index contributed by atoms with van der Waals surface area (Å²) in [6, 6.07) is 7.17. The topological polar surface area (TPSA) is 89.7 Å². The van der Waals surface area contributed by atoms with Crippen LogP contribution in [0.3, 0.4) is 0 Å². The van der Waals surface area contributed by atoms with Crippen LogP contribution in [0.5, 0.6) is 0 Å². The molecule has 0 aromatic heterocycles. The molecule has 2 aromatic rings. The third-order valence-electron chi connectivity index (χ3n) is 5.42.